The fourth-order valence-electron chi connectivity index (χ4n) is 3.16. The van der Waals surface area contributed by atoms with E-state index in [1.165, 1.54) is 12.1 Å². The number of hydrogen-bond donors (Lipinski definition) is 1. The second kappa shape index (κ2) is 7.83. The van der Waals surface area contributed by atoms with Gasteiger partial charge < -0.3 is 19.7 Å². The van der Waals surface area contributed by atoms with Gasteiger partial charge in [0.1, 0.15) is 11.6 Å². The number of thioether (sulfide) groups is 1. The number of guanidine groups is 1. The number of hydrogen-bond acceptors (Lipinski definition) is 4. The average Bonchev–Trinajstić information content (AvgIpc) is 2.57. The lowest BCUT2D eigenvalue weighted by Gasteiger charge is -2.39. The minimum Gasteiger partial charge on any atom is -0.467 e. The maximum atomic E-state index is 13.9. The predicted octanol–water partition coefficient (Wildman–Crippen LogP) is 2.99. The van der Waals surface area contributed by atoms with Crippen LogP contribution < -0.4 is 10.1 Å². The molecule has 25 heavy (non-hydrogen) atoms. The van der Waals surface area contributed by atoms with Crippen molar-refractivity contribution in [2.24, 2.45) is 4.99 Å². The molecule has 2 aliphatic heterocycles. The molecule has 1 fully saturated rings. The molecular formula is C18H26FN3O2S. The van der Waals surface area contributed by atoms with Gasteiger partial charge in [0, 0.05) is 41.3 Å². The standard InChI is InChI=1S/C18H26FN3O2S/c1-4-20-17(22-5-6-25-18(2,3)11-22)21-9-13-7-15(19)8-14-10-23-12-24-16(13)14/h7-8H,4-6,9-12H2,1-3H3,(H,20,21). The Labute approximate surface area is 153 Å². The summed E-state index contributed by atoms with van der Waals surface area (Å²) in [5.41, 5.74) is 1.51. The van der Waals surface area contributed by atoms with E-state index >= 15 is 0 Å². The first kappa shape index (κ1) is 18.3. The van der Waals surface area contributed by atoms with Crippen LogP contribution in [0, 0.1) is 5.82 Å². The van der Waals surface area contributed by atoms with Crippen LogP contribution in [0.15, 0.2) is 17.1 Å². The Hall–Kier alpha value is -1.47. The zero-order valence-corrected chi connectivity index (χ0v) is 15.9. The maximum Gasteiger partial charge on any atom is 0.194 e. The molecule has 0 saturated carbocycles. The summed E-state index contributed by atoms with van der Waals surface area (Å²) in [5, 5.41) is 3.36. The van der Waals surface area contributed by atoms with Gasteiger partial charge in [-0.15, -0.1) is 0 Å². The number of rotatable bonds is 3. The van der Waals surface area contributed by atoms with E-state index in [9.17, 15) is 4.39 Å². The third kappa shape index (κ3) is 4.58. The lowest BCUT2D eigenvalue weighted by atomic mass is 10.1. The van der Waals surface area contributed by atoms with E-state index in [-0.39, 0.29) is 17.4 Å². The number of halogens is 1. The van der Waals surface area contributed by atoms with Crippen molar-refractivity contribution in [2.75, 3.05) is 32.2 Å². The molecule has 0 aromatic heterocycles. The molecule has 1 N–H and O–H groups in total. The third-order valence-corrected chi connectivity index (χ3v) is 5.51. The van der Waals surface area contributed by atoms with Crippen molar-refractivity contribution < 1.29 is 13.9 Å². The molecule has 7 heteroatoms. The van der Waals surface area contributed by atoms with Crippen molar-refractivity contribution >= 4 is 17.7 Å². The molecule has 2 aliphatic rings. The molecule has 0 atom stereocenters. The highest BCUT2D eigenvalue weighted by atomic mass is 32.2. The highest BCUT2D eigenvalue weighted by molar-refractivity contribution is 8.00. The van der Waals surface area contributed by atoms with Crippen molar-refractivity contribution in [1.29, 1.82) is 0 Å². The molecule has 0 amide bonds. The van der Waals surface area contributed by atoms with Crippen LogP contribution in [-0.4, -0.2) is 47.8 Å². The normalized spacial score (nSPS) is 20.0. The van der Waals surface area contributed by atoms with E-state index in [2.05, 4.69) is 31.0 Å². The zero-order chi connectivity index (χ0) is 17.9. The molecule has 2 heterocycles. The van der Waals surface area contributed by atoms with Gasteiger partial charge in [-0.3, -0.25) is 0 Å². The first-order valence-electron chi connectivity index (χ1n) is 8.67. The Bertz CT molecular complexity index is 651. The van der Waals surface area contributed by atoms with Gasteiger partial charge in [0.15, 0.2) is 12.8 Å². The summed E-state index contributed by atoms with van der Waals surface area (Å²) in [6.07, 6.45) is 0. The third-order valence-electron chi connectivity index (χ3n) is 4.21. The van der Waals surface area contributed by atoms with Gasteiger partial charge in [-0.25, -0.2) is 9.38 Å². The summed E-state index contributed by atoms with van der Waals surface area (Å²) in [5.74, 6) is 2.38. The van der Waals surface area contributed by atoms with Gasteiger partial charge in [0.2, 0.25) is 0 Å². The van der Waals surface area contributed by atoms with Crippen LogP contribution in [0.25, 0.3) is 0 Å². The first-order valence-corrected chi connectivity index (χ1v) is 9.66. The number of aliphatic imine (C=N–C) groups is 1. The van der Waals surface area contributed by atoms with E-state index in [0.717, 1.165) is 42.5 Å². The Balaban J connectivity index is 1.81. The van der Waals surface area contributed by atoms with Crippen LogP contribution in [-0.2, 0) is 17.9 Å². The Morgan fingerprint density at radius 3 is 3.04 bits per heavy atom. The van der Waals surface area contributed by atoms with Crippen molar-refractivity contribution in [2.45, 2.75) is 38.7 Å². The smallest absolute Gasteiger partial charge is 0.194 e. The number of nitrogens with zero attached hydrogens (tertiary/aromatic N) is 2. The van der Waals surface area contributed by atoms with Crippen LogP contribution in [0.5, 0.6) is 5.75 Å². The number of nitrogens with one attached hydrogen (secondary N) is 1. The largest absolute Gasteiger partial charge is 0.467 e. The summed E-state index contributed by atoms with van der Waals surface area (Å²) in [7, 11) is 0. The Morgan fingerprint density at radius 2 is 2.28 bits per heavy atom. The minimum atomic E-state index is -0.279. The Kier molecular flexibility index (Phi) is 5.74. The fourth-order valence-corrected chi connectivity index (χ4v) is 4.27. The van der Waals surface area contributed by atoms with Crippen LogP contribution in [0.3, 0.4) is 0 Å². The van der Waals surface area contributed by atoms with Crippen LogP contribution in [0.2, 0.25) is 0 Å². The van der Waals surface area contributed by atoms with Crippen molar-refractivity contribution in [3.8, 4) is 5.75 Å². The molecule has 1 aromatic carbocycles. The van der Waals surface area contributed by atoms with Crippen molar-refractivity contribution in [1.82, 2.24) is 10.2 Å². The minimum absolute atomic E-state index is 0.201. The second-order valence-corrected chi connectivity index (χ2v) is 8.67. The highest BCUT2D eigenvalue weighted by Gasteiger charge is 2.28. The maximum absolute atomic E-state index is 13.9. The average molecular weight is 367 g/mol. The van der Waals surface area contributed by atoms with E-state index in [4.69, 9.17) is 14.5 Å². The van der Waals surface area contributed by atoms with E-state index < -0.39 is 0 Å². The summed E-state index contributed by atoms with van der Waals surface area (Å²) < 4.78 is 24.9. The van der Waals surface area contributed by atoms with Gasteiger partial charge in [-0.05, 0) is 32.9 Å². The molecule has 0 bridgehead atoms. The van der Waals surface area contributed by atoms with E-state index in [0.29, 0.717) is 18.9 Å². The van der Waals surface area contributed by atoms with E-state index in [1.54, 1.807) is 0 Å². The van der Waals surface area contributed by atoms with Crippen molar-refractivity contribution in [3.05, 3.63) is 29.1 Å². The molecule has 138 valence electrons. The van der Waals surface area contributed by atoms with Gasteiger partial charge in [-0.1, -0.05) is 0 Å². The summed E-state index contributed by atoms with van der Waals surface area (Å²) in [6.45, 7) is 10.2. The van der Waals surface area contributed by atoms with Crippen LogP contribution in [0.4, 0.5) is 4.39 Å². The fraction of sp³-hybridized carbons (Fsp3) is 0.611. The molecule has 0 aliphatic carbocycles. The monoisotopic (exact) mass is 367 g/mol. The SMILES string of the molecule is CCNC(=NCc1cc(F)cc2c1OCOC2)N1CCSC(C)(C)C1. The molecule has 0 radical (unpaired) electrons. The van der Waals surface area contributed by atoms with Gasteiger partial charge in [0.25, 0.3) is 0 Å². The molecule has 0 spiro atoms. The van der Waals surface area contributed by atoms with Gasteiger partial charge >= 0.3 is 0 Å². The van der Waals surface area contributed by atoms with E-state index in [1.807, 2.05) is 11.8 Å². The van der Waals surface area contributed by atoms with Gasteiger partial charge in [0.05, 0.1) is 13.2 Å². The summed E-state index contributed by atoms with van der Waals surface area (Å²) in [4.78, 5) is 7.04. The summed E-state index contributed by atoms with van der Waals surface area (Å²) in [6, 6.07) is 2.98. The summed E-state index contributed by atoms with van der Waals surface area (Å²) >= 11 is 1.99. The molecule has 0 unspecified atom stereocenters. The van der Waals surface area contributed by atoms with Gasteiger partial charge in [-0.2, -0.15) is 11.8 Å². The predicted molar refractivity (Wildman–Crippen MR) is 99.6 cm³/mol. The molecular weight excluding hydrogens is 341 g/mol. The second-order valence-electron chi connectivity index (χ2n) is 6.86. The quantitative estimate of drug-likeness (QED) is 0.657. The molecule has 5 nitrogen and oxygen atoms in total. The molecule has 3 rings (SSSR count). The number of benzene rings is 1. The number of fused-ring (bicyclic) bond motifs is 1. The zero-order valence-electron chi connectivity index (χ0n) is 15.1. The Morgan fingerprint density at radius 1 is 1.44 bits per heavy atom. The first-order chi connectivity index (χ1) is 12.0. The highest BCUT2D eigenvalue weighted by Crippen LogP contribution is 2.31. The lowest BCUT2D eigenvalue weighted by Crippen LogP contribution is -2.50. The van der Waals surface area contributed by atoms with Crippen molar-refractivity contribution in [3.63, 3.8) is 0 Å². The molecule has 1 saturated heterocycles. The van der Waals surface area contributed by atoms with Crippen LogP contribution >= 0.6 is 11.8 Å². The number of ether oxygens (including phenoxy) is 2. The topological polar surface area (TPSA) is 46.1 Å². The molecule has 1 aromatic rings. The van der Waals surface area contributed by atoms with Crippen LogP contribution in [0.1, 0.15) is 31.9 Å². The lowest BCUT2D eigenvalue weighted by molar-refractivity contribution is -0.0172.